The molecule has 1 fully saturated rings. The normalized spacial score (nSPS) is 26.6. The smallest absolute Gasteiger partial charge is 0.235 e. The molecule has 0 spiro atoms. The summed E-state index contributed by atoms with van der Waals surface area (Å²) in [5, 5.41) is 1.68. The van der Waals surface area contributed by atoms with Crippen molar-refractivity contribution in [3.63, 3.8) is 0 Å². The molecule has 1 rings (SSSR count). The van der Waals surface area contributed by atoms with Crippen LogP contribution in [0.3, 0.4) is 0 Å². The predicted octanol–water partition coefficient (Wildman–Crippen LogP) is 0.972. The van der Waals surface area contributed by atoms with E-state index in [9.17, 15) is 21.6 Å². The number of hydrogen-bond acceptors (Lipinski definition) is 5. The van der Waals surface area contributed by atoms with Crippen LogP contribution in [0.5, 0.6) is 0 Å². The van der Waals surface area contributed by atoms with Gasteiger partial charge in [0.2, 0.25) is 20.0 Å². The van der Waals surface area contributed by atoms with Crippen molar-refractivity contribution >= 4 is 25.8 Å². The first kappa shape index (κ1) is 20.0. The molecule has 0 aromatic heterocycles. The maximum absolute atomic E-state index is 12.2. The highest BCUT2D eigenvalue weighted by Gasteiger charge is 2.41. The minimum Gasteiger partial charge on any atom is -0.300 e. The molecular formula is C14H24N2O5S2. The van der Waals surface area contributed by atoms with Crippen molar-refractivity contribution in [3.8, 4) is 0 Å². The van der Waals surface area contributed by atoms with Crippen LogP contribution < -0.4 is 4.72 Å². The monoisotopic (exact) mass is 364 g/mol. The van der Waals surface area contributed by atoms with E-state index in [1.54, 1.807) is 0 Å². The number of rotatable bonds is 8. The molecule has 0 aromatic rings. The van der Waals surface area contributed by atoms with Crippen molar-refractivity contribution in [1.82, 2.24) is 9.03 Å². The number of nitrogens with zero attached hydrogens (tertiary/aromatic N) is 1. The van der Waals surface area contributed by atoms with E-state index >= 15 is 0 Å². The van der Waals surface area contributed by atoms with Gasteiger partial charge in [0.25, 0.3) is 0 Å². The standard InChI is InChI=1S/C14H24N2O5S2/c1-5-22(18,19)15-10-14(4)8-7-13(9-12(3)17)16(11-14)23(20,21)6-2/h5-6,13,15H,1-2,7-11H2,3-4H3/t13-,14+/m1/s1. The Morgan fingerprint density at radius 3 is 2.39 bits per heavy atom. The van der Waals surface area contributed by atoms with Gasteiger partial charge in [0.1, 0.15) is 5.78 Å². The van der Waals surface area contributed by atoms with Gasteiger partial charge >= 0.3 is 0 Å². The maximum atomic E-state index is 12.2. The van der Waals surface area contributed by atoms with Gasteiger partial charge in [-0.1, -0.05) is 20.1 Å². The van der Waals surface area contributed by atoms with Crippen LogP contribution in [0.1, 0.15) is 33.1 Å². The largest absolute Gasteiger partial charge is 0.300 e. The lowest BCUT2D eigenvalue weighted by Gasteiger charge is -2.43. The van der Waals surface area contributed by atoms with E-state index in [0.717, 1.165) is 10.8 Å². The van der Waals surface area contributed by atoms with Crippen LogP contribution in [0.15, 0.2) is 24.0 Å². The fraction of sp³-hybridized carbons (Fsp3) is 0.643. The summed E-state index contributed by atoms with van der Waals surface area (Å²) in [5.74, 6) is -0.0878. The van der Waals surface area contributed by atoms with E-state index in [-0.39, 0.29) is 25.3 Å². The van der Waals surface area contributed by atoms with Crippen LogP contribution in [0.25, 0.3) is 0 Å². The number of carbonyl (C=O) groups excluding carboxylic acids is 1. The zero-order valence-electron chi connectivity index (χ0n) is 13.5. The molecule has 1 heterocycles. The lowest BCUT2D eigenvalue weighted by molar-refractivity contribution is -0.118. The van der Waals surface area contributed by atoms with Crippen molar-refractivity contribution in [2.45, 2.75) is 39.2 Å². The highest BCUT2D eigenvalue weighted by Crippen LogP contribution is 2.35. The molecule has 0 radical (unpaired) electrons. The first-order valence-corrected chi connectivity index (χ1v) is 10.3. The van der Waals surface area contributed by atoms with Crippen LogP contribution in [-0.2, 0) is 24.8 Å². The Morgan fingerprint density at radius 2 is 1.91 bits per heavy atom. The number of hydrogen-bond donors (Lipinski definition) is 1. The second-order valence-corrected chi connectivity index (χ2v) is 9.74. The summed E-state index contributed by atoms with van der Waals surface area (Å²) < 4.78 is 51.1. The molecule has 1 saturated heterocycles. The highest BCUT2D eigenvalue weighted by atomic mass is 32.2. The van der Waals surface area contributed by atoms with Gasteiger partial charge in [-0.2, -0.15) is 4.31 Å². The summed E-state index contributed by atoms with van der Waals surface area (Å²) in [6, 6.07) is -0.417. The number of piperidine rings is 1. The number of nitrogens with one attached hydrogen (secondary N) is 1. The number of ketones is 1. The van der Waals surface area contributed by atoms with E-state index in [1.807, 2.05) is 6.92 Å². The number of carbonyl (C=O) groups is 1. The predicted molar refractivity (Wildman–Crippen MR) is 89.4 cm³/mol. The lowest BCUT2D eigenvalue weighted by Crippen LogP contribution is -2.53. The average molecular weight is 364 g/mol. The molecular weight excluding hydrogens is 340 g/mol. The SMILES string of the molecule is C=CS(=O)(=O)NC[C@]1(C)CC[C@H](CC(C)=O)N(S(=O)(=O)C=C)C1. The Hall–Kier alpha value is -1.03. The van der Waals surface area contributed by atoms with Crippen LogP contribution in [0.2, 0.25) is 0 Å². The highest BCUT2D eigenvalue weighted by molar-refractivity contribution is 7.92. The van der Waals surface area contributed by atoms with E-state index < -0.39 is 31.5 Å². The average Bonchev–Trinajstić information content (AvgIpc) is 2.47. The van der Waals surface area contributed by atoms with Gasteiger partial charge in [0, 0.05) is 36.4 Å². The molecule has 0 unspecified atom stereocenters. The fourth-order valence-corrected chi connectivity index (χ4v) is 4.60. The summed E-state index contributed by atoms with van der Waals surface area (Å²) in [5.41, 5.74) is -0.570. The van der Waals surface area contributed by atoms with Gasteiger partial charge in [0.05, 0.1) is 0 Å². The number of Topliss-reactive ketones (excluding diaryl/α,β-unsaturated/α-hetero) is 1. The fourth-order valence-electron chi connectivity index (χ4n) is 2.65. The molecule has 7 nitrogen and oxygen atoms in total. The molecule has 1 N–H and O–H groups in total. The molecule has 0 saturated carbocycles. The van der Waals surface area contributed by atoms with Gasteiger partial charge in [-0.3, -0.25) is 4.79 Å². The van der Waals surface area contributed by atoms with Crippen molar-refractivity contribution in [1.29, 1.82) is 0 Å². The van der Waals surface area contributed by atoms with Crippen molar-refractivity contribution in [2.24, 2.45) is 5.41 Å². The van der Waals surface area contributed by atoms with E-state index in [2.05, 4.69) is 17.9 Å². The topological polar surface area (TPSA) is 101 Å². The first-order chi connectivity index (χ1) is 10.4. The molecule has 9 heteroatoms. The van der Waals surface area contributed by atoms with Gasteiger partial charge < -0.3 is 0 Å². The van der Waals surface area contributed by atoms with Gasteiger partial charge in [-0.25, -0.2) is 21.6 Å². The lowest BCUT2D eigenvalue weighted by atomic mass is 9.80. The zero-order valence-corrected chi connectivity index (χ0v) is 15.1. The third-order valence-corrected chi connectivity index (χ3v) is 6.49. The van der Waals surface area contributed by atoms with Crippen LogP contribution >= 0.6 is 0 Å². The quantitative estimate of drug-likeness (QED) is 0.692. The second kappa shape index (κ2) is 7.25. The Morgan fingerprint density at radius 1 is 1.30 bits per heavy atom. The van der Waals surface area contributed by atoms with Gasteiger partial charge in [0.15, 0.2) is 0 Å². The molecule has 1 aliphatic rings. The van der Waals surface area contributed by atoms with Crippen LogP contribution in [-0.4, -0.2) is 46.1 Å². The Balaban J connectivity index is 2.99. The van der Waals surface area contributed by atoms with Gasteiger partial charge in [-0.15, -0.1) is 0 Å². The molecule has 0 aliphatic carbocycles. The Kier molecular flexibility index (Phi) is 6.31. The second-order valence-electron chi connectivity index (χ2n) is 6.20. The van der Waals surface area contributed by atoms with Crippen LogP contribution in [0, 0.1) is 5.41 Å². The molecule has 0 aromatic carbocycles. The summed E-state index contributed by atoms with van der Waals surface area (Å²) >= 11 is 0. The van der Waals surface area contributed by atoms with Crippen molar-refractivity contribution < 1.29 is 21.6 Å². The van der Waals surface area contributed by atoms with Crippen molar-refractivity contribution in [3.05, 3.63) is 24.0 Å². The van der Waals surface area contributed by atoms with Crippen LogP contribution in [0.4, 0.5) is 0 Å². The Bertz CT molecular complexity index is 684. The molecule has 2 atom stereocenters. The molecule has 132 valence electrons. The molecule has 23 heavy (non-hydrogen) atoms. The third kappa shape index (κ3) is 5.52. The molecule has 1 aliphatic heterocycles. The molecule has 0 bridgehead atoms. The first-order valence-electron chi connectivity index (χ1n) is 7.20. The van der Waals surface area contributed by atoms with Gasteiger partial charge in [-0.05, 0) is 25.2 Å². The summed E-state index contributed by atoms with van der Waals surface area (Å²) in [4.78, 5) is 11.4. The minimum atomic E-state index is -3.70. The third-order valence-electron chi connectivity index (χ3n) is 4.01. The van der Waals surface area contributed by atoms with E-state index in [4.69, 9.17) is 0 Å². The van der Waals surface area contributed by atoms with Crippen molar-refractivity contribution in [2.75, 3.05) is 13.1 Å². The summed E-state index contributed by atoms with van der Waals surface area (Å²) in [6.45, 7) is 10.0. The Labute approximate surface area is 138 Å². The minimum absolute atomic E-state index is 0.0878. The van der Waals surface area contributed by atoms with E-state index in [1.165, 1.54) is 11.2 Å². The number of sulfonamides is 2. The zero-order chi connectivity index (χ0) is 17.9. The maximum Gasteiger partial charge on any atom is 0.235 e. The van der Waals surface area contributed by atoms with E-state index in [0.29, 0.717) is 12.8 Å². The summed E-state index contributed by atoms with van der Waals surface area (Å²) in [7, 11) is -7.28. The molecule has 0 amide bonds. The summed E-state index contributed by atoms with van der Waals surface area (Å²) in [6.07, 6.45) is 1.23.